The summed E-state index contributed by atoms with van der Waals surface area (Å²) in [5.41, 5.74) is 7.77. The van der Waals surface area contributed by atoms with Gasteiger partial charge in [0, 0.05) is 24.2 Å². The number of hydrogen-bond acceptors (Lipinski definition) is 2. The van der Waals surface area contributed by atoms with Crippen LogP contribution in [0.15, 0.2) is 24.3 Å². The van der Waals surface area contributed by atoms with Gasteiger partial charge in [-0.1, -0.05) is 35.4 Å². The van der Waals surface area contributed by atoms with Crippen molar-refractivity contribution in [2.75, 3.05) is 13.1 Å². The fraction of sp³-hybridized carbons (Fsp3) is 0.391. The molecule has 0 radical (unpaired) electrons. The van der Waals surface area contributed by atoms with Crippen molar-refractivity contribution >= 4 is 11.8 Å². The quantitative estimate of drug-likeness (QED) is 0.757. The molecule has 0 aliphatic rings. The van der Waals surface area contributed by atoms with Gasteiger partial charge in [0.05, 0.1) is 0 Å². The number of nitrogens with one attached hydrogen (secondary N) is 2. The Morgan fingerprint density at radius 1 is 0.630 bits per heavy atom. The second-order valence-electron chi connectivity index (χ2n) is 7.41. The Bertz CT molecular complexity index is 751. The predicted octanol–water partition coefficient (Wildman–Crippen LogP) is 4.09. The topological polar surface area (TPSA) is 58.2 Å². The molecule has 144 valence electrons. The summed E-state index contributed by atoms with van der Waals surface area (Å²) in [5, 5.41) is 5.91. The van der Waals surface area contributed by atoms with Crippen molar-refractivity contribution < 1.29 is 9.59 Å². The Morgan fingerprint density at radius 2 is 0.926 bits per heavy atom. The van der Waals surface area contributed by atoms with E-state index in [1.807, 2.05) is 65.8 Å². The lowest BCUT2D eigenvalue weighted by molar-refractivity contribution is 0.0951. The van der Waals surface area contributed by atoms with Crippen LogP contribution < -0.4 is 10.6 Å². The van der Waals surface area contributed by atoms with Gasteiger partial charge >= 0.3 is 0 Å². The van der Waals surface area contributed by atoms with E-state index >= 15 is 0 Å². The summed E-state index contributed by atoms with van der Waals surface area (Å²) >= 11 is 0. The van der Waals surface area contributed by atoms with Gasteiger partial charge in [0.1, 0.15) is 0 Å². The van der Waals surface area contributed by atoms with Crippen molar-refractivity contribution in [2.45, 2.75) is 48.0 Å². The average Bonchev–Trinajstić information content (AvgIpc) is 2.52. The first kappa shape index (κ1) is 20.7. The maximum Gasteiger partial charge on any atom is 0.251 e. The molecule has 4 nitrogen and oxygen atoms in total. The first-order chi connectivity index (χ1) is 12.7. The molecule has 0 saturated heterocycles. The third-order valence-electron chi connectivity index (χ3n) is 4.73. The summed E-state index contributed by atoms with van der Waals surface area (Å²) < 4.78 is 0. The van der Waals surface area contributed by atoms with Gasteiger partial charge in [-0.2, -0.15) is 0 Å². The maximum absolute atomic E-state index is 12.4. The zero-order valence-corrected chi connectivity index (χ0v) is 17.2. The van der Waals surface area contributed by atoms with E-state index in [0.717, 1.165) is 44.5 Å². The Kier molecular flexibility index (Phi) is 6.78. The van der Waals surface area contributed by atoms with E-state index in [9.17, 15) is 9.59 Å². The van der Waals surface area contributed by atoms with Crippen LogP contribution >= 0.6 is 0 Å². The van der Waals surface area contributed by atoms with Crippen LogP contribution in [0.5, 0.6) is 0 Å². The lowest BCUT2D eigenvalue weighted by atomic mass is 9.99. The van der Waals surface area contributed by atoms with Crippen molar-refractivity contribution in [3.05, 3.63) is 68.8 Å². The lowest BCUT2D eigenvalue weighted by Crippen LogP contribution is -2.31. The first-order valence-electron chi connectivity index (χ1n) is 9.42. The Balaban J connectivity index is 1.84. The number of carbonyl (C=O) groups is 2. The fourth-order valence-corrected chi connectivity index (χ4v) is 3.75. The van der Waals surface area contributed by atoms with Crippen molar-refractivity contribution in [1.29, 1.82) is 0 Å². The molecule has 2 aromatic carbocycles. The minimum absolute atomic E-state index is 0.0541. The number of amides is 2. The van der Waals surface area contributed by atoms with Crippen LogP contribution in [-0.2, 0) is 0 Å². The molecule has 0 bridgehead atoms. The lowest BCUT2D eigenvalue weighted by Gasteiger charge is -2.13. The predicted molar refractivity (Wildman–Crippen MR) is 111 cm³/mol. The van der Waals surface area contributed by atoms with Gasteiger partial charge in [-0.15, -0.1) is 0 Å². The molecule has 0 heterocycles. The van der Waals surface area contributed by atoms with Gasteiger partial charge in [-0.3, -0.25) is 9.59 Å². The van der Waals surface area contributed by atoms with Crippen LogP contribution in [0.1, 0.15) is 60.5 Å². The molecule has 0 saturated carbocycles. The molecule has 0 unspecified atom stereocenters. The van der Waals surface area contributed by atoms with Crippen LogP contribution in [0.3, 0.4) is 0 Å². The molecule has 0 aromatic heterocycles. The van der Waals surface area contributed by atoms with Crippen LogP contribution in [0.25, 0.3) is 0 Å². The maximum atomic E-state index is 12.4. The summed E-state index contributed by atoms with van der Waals surface area (Å²) in [7, 11) is 0. The van der Waals surface area contributed by atoms with Crippen LogP contribution in [0.2, 0.25) is 0 Å². The minimum Gasteiger partial charge on any atom is -0.352 e. The molecule has 0 fully saturated rings. The summed E-state index contributed by atoms with van der Waals surface area (Å²) in [6, 6.07) is 8.09. The largest absolute Gasteiger partial charge is 0.352 e. The Labute approximate surface area is 162 Å². The molecule has 0 atom stereocenters. The number of rotatable bonds is 6. The van der Waals surface area contributed by atoms with Gasteiger partial charge in [0.15, 0.2) is 0 Å². The van der Waals surface area contributed by atoms with Gasteiger partial charge in [0.25, 0.3) is 11.8 Å². The second kappa shape index (κ2) is 8.85. The van der Waals surface area contributed by atoms with Crippen molar-refractivity contribution in [3.63, 3.8) is 0 Å². The molecule has 2 aromatic rings. The van der Waals surface area contributed by atoms with E-state index in [-0.39, 0.29) is 11.8 Å². The molecule has 4 heteroatoms. The van der Waals surface area contributed by atoms with E-state index in [0.29, 0.717) is 19.5 Å². The van der Waals surface area contributed by atoms with E-state index in [1.165, 1.54) is 0 Å². The zero-order chi connectivity index (χ0) is 20.1. The highest BCUT2D eigenvalue weighted by Gasteiger charge is 2.13. The Morgan fingerprint density at radius 3 is 1.22 bits per heavy atom. The number of carbonyl (C=O) groups excluding carboxylic acids is 2. The van der Waals surface area contributed by atoms with Crippen molar-refractivity contribution in [1.82, 2.24) is 10.6 Å². The second-order valence-corrected chi connectivity index (χ2v) is 7.41. The minimum atomic E-state index is -0.0541. The van der Waals surface area contributed by atoms with Gasteiger partial charge < -0.3 is 10.6 Å². The molecular formula is C23H30N2O2. The molecule has 0 aliphatic heterocycles. The van der Waals surface area contributed by atoms with Crippen LogP contribution in [-0.4, -0.2) is 24.9 Å². The van der Waals surface area contributed by atoms with E-state index in [1.54, 1.807) is 0 Å². The standard InChI is InChI=1S/C23H30N2O2/c1-14-10-16(3)20(17(4)11-14)22(26)24-8-7-9-25-23(27)21-18(5)12-15(2)13-19(21)6/h10-13H,7-9H2,1-6H3,(H,24,26)(H,25,27). The normalized spacial score (nSPS) is 10.6. The number of hydrogen-bond donors (Lipinski definition) is 2. The van der Waals surface area contributed by atoms with Crippen molar-refractivity contribution in [3.8, 4) is 0 Å². The smallest absolute Gasteiger partial charge is 0.251 e. The van der Waals surface area contributed by atoms with Gasteiger partial charge in [-0.05, 0) is 70.2 Å². The highest BCUT2D eigenvalue weighted by atomic mass is 16.2. The van der Waals surface area contributed by atoms with E-state index < -0.39 is 0 Å². The molecule has 27 heavy (non-hydrogen) atoms. The summed E-state index contributed by atoms with van der Waals surface area (Å²) in [5.74, 6) is -0.108. The third kappa shape index (κ3) is 5.19. The molecule has 0 aliphatic carbocycles. The highest BCUT2D eigenvalue weighted by molar-refractivity contribution is 5.97. The SMILES string of the molecule is Cc1cc(C)c(C(=O)NCCCNC(=O)c2c(C)cc(C)cc2C)c(C)c1. The van der Waals surface area contributed by atoms with Gasteiger partial charge in [-0.25, -0.2) is 0 Å². The molecule has 2 amide bonds. The molecular weight excluding hydrogens is 336 g/mol. The molecule has 0 spiro atoms. The third-order valence-corrected chi connectivity index (χ3v) is 4.73. The van der Waals surface area contributed by atoms with E-state index in [4.69, 9.17) is 0 Å². The number of aryl methyl sites for hydroxylation is 6. The fourth-order valence-electron chi connectivity index (χ4n) is 3.75. The Hall–Kier alpha value is -2.62. The molecule has 2 rings (SSSR count). The zero-order valence-electron chi connectivity index (χ0n) is 17.2. The summed E-state index contributed by atoms with van der Waals surface area (Å²) in [6.45, 7) is 12.9. The highest BCUT2D eigenvalue weighted by Crippen LogP contribution is 2.17. The van der Waals surface area contributed by atoms with Crippen LogP contribution in [0.4, 0.5) is 0 Å². The average molecular weight is 367 g/mol. The summed E-state index contributed by atoms with van der Waals surface area (Å²) in [6.07, 6.45) is 0.686. The van der Waals surface area contributed by atoms with Crippen LogP contribution in [0, 0.1) is 41.5 Å². The van der Waals surface area contributed by atoms with Gasteiger partial charge in [0.2, 0.25) is 0 Å². The first-order valence-corrected chi connectivity index (χ1v) is 9.42. The monoisotopic (exact) mass is 366 g/mol. The number of benzene rings is 2. The van der Waals surface area contributed by atoms with E-state index in [2.05, 4.69) is 10.6 Å². The van der Waals surface area contributed by atoms with Crippen molar-refractivity contribution in [2.24, 2.45) is 0 Å². The summed E-state index contributed by atoms with van der Waals surface area (Å²) in [4.78, 5) is 24.9. The molecule has 2 N–H and O–H groups in total.